The lowest BCUT2D eigenvalue weighted by atomic mass is 10.1. The van der Waals surface area contributed by atoms with Gasteiger partial charge in [0.2, 0.25) is 0 Å². The molecule has 1 fully saturated rings. The third-order valence-electron chi connectivity index (χ3n) is 3.77. The van der Waals surface area contributed by atoms with E-state index in [1.165, 1.54) is 12.0 Å². The number of nitrogens with zero attached hydrogens (tertiary/aromatic N) is 1. The van der Waals surface area contributed by atoms with Crippen LogP contribution < -0.4 is 4.74 Å². The molecule has 0 unspecified atom stereocenters. The molecule has 4 nitrogen and oxygen atoms in total. The smallest absolute Gasteiger partial charge is 0.293 e. The molecule has 128 valence electrons. The Morgan fingerprint density at radius 1 is 1.20 bits per heavy atom. The summed E-state index contributed by atoms with van der Waals surface area (Å²) in [7, 11) is 1.54. The largest absolute Gasteiger partial charge is 0.495 e. The number of imide groups is 1. The summed E-state index contributed by atoms with van der Waals surface area (Å²) in [5.74, 6) is 0.273. The molecule has 25 heavy (non-hydrogen) atoms. The number of thioether (sulfide) groups is 1. The van der Waals surface area contributed by atoms with Gasteiger partial charge in [-0.15, -0.1) is 0 Å². The van der Waals surface area contributed by atoms with E-state index < -0.39 is 0 Å². The molecule has 0 N–H and O–H groups in total. The second-order valence-corrected chi connectivity index (χ2v) is 7.05. The fourth-order valence-electron chi connectivity index (χ4n) is 2.55. The Balaban J connectivity index is 1.82. The van der Waals surface area contributed by atoms with Gasteiger partial charge in [-0.1, -0.05) is 47.5 Å². The number of rotatable bonds is 4. The third-order valence-corrected chi connectivity index (χ3v) is 4.97. The average Bonchev–Trinajstić information content (AvgIpc) is 2.83. The van der Waals surface area contributed by atoms with E-state index >= 15 is 0 Å². The fraction of sp³-hybridized carbons (Fsp3) is 0.158. The number of aryl methyl sites for hydroxylation is 1. The molecule has 2 aromatic carbocycles. The van der Waals surface area contributed by atoms with Gasteiger partial charge >= 0.3 is 0 Å². The number of carbonyl (C=O) groups is 2. The maximum Gasteiger partial charge on any atom is 0.293 e. The molecule has 1 heterocycles. The Hall–Kier alpha value is -2.24. The van der Waals surface area contributed by atoms with Crippen molar-refractivity contribution in [2.24, 2.45) is 0 Å². The molecule has 1 aliphatic rings. The van der Waals surface area contributed by atoms with E-state index in [1.54, 1.807) is 24.3 Å². The SMILES string of the molecule is COc1ccc(/C=C2\SC(=O)N(Cc3cccc(C)c3)C2=O)cc1Cl. The Bertz CT molecular complexity index is 879. The summed E-state index contributed by atoms with van der Waals surface area (Å²) >= 11 is 7.05. The van der Waals surface area contributed by atoms with Crippen LogP contribution in [0.25, 0.3) is 6.08 Å². The monoisotopic (exact) mass is 373 g/mol. The molecule has 1 aliphatic heterocycles. The number of methoxy groups -OCH3 is 1. The van der Waals surface area contributed by atoms with Crippen molar-refractivity contribution in [1.82, 2.24) is 4.90 Å². The van der Waals surface area contributed by atoms with Crippen LogP contribution in [0.15, 0.2) is 47.4 Å². The van der Waals surface area contributed by atoms with Gasteiger partial charge in [-0.25, -0.2) is 0 Å². The Labute approximate surface area is 155 Å². The van der Waals surface area contributed by atoms with E-state index in [0.717, 1.165) is 28.5 Å². The Morgan fingerprint density at radius 2 is 2.00 bits per heavy atom. The number of hydrogen-bond acceptors (Lipinski definition) is 4. The summed E-state index contributed by atoms with van der Waals surface area (Å²) < 4.78 is 5.11. The first-order valence-electron chi connectivity index (χ1n) is 7.62. The van der Waals surface area contributed by atoms with Crippen molar-refractivity contribution in [3.8, 4) is 5.75 Å². The lowest BCUT2D eigenvalue weighted by molar-refractivity contribution is -0.123. The van der Waals surface area contributed by atoms with Crippen LogP contribution in [0.2, 0.25) is 5.02 Å². The highest BCUT2D eigenvalue weighted by atomic mass is 35.5. The van der Waals surface area contributed by atoms with Crippen LogP contribution >= 0.6 is 23.4 Å². The second-order valence-electron chi connectivity index (χ2n) is 5.65. The Morgan fingerprint density at radius 3 is 2.68 bits per heavy atom. The van der Waals surface area contributed by atoms with Crippen molar-refractivity contribution in [1.29, 1.82) is 0 Å². The van der Waals surface area contributed by atoms with Crippen molar-refractivity contribution >= 4 is 40.6 Å². The zero-order valence-corrected chi connectivity index (χ0v) is 15.4. The van der Waals surface area contributed by atoms with Crippen LogP contribution in [0.5, 0.6) is 5.75 Å². The lowest BCUT2D eigenvalue weighted by Crippen LogP contribution is -2.27. The molecule has 2 aromatic rings. The minimum atomic E-state index is -0.288. The summed E-state index contributed by atoms with van der Waals surface area (Å²) in [6, 6.07) is 13.0. The molecule has 0 atom stereocenters. The van der Waals surface area contributed by atoms with E-state index in [2.05, 4.69) is 0 Å². The predicted molar refractivity (Wildman–Crippen MR) is 101 cm³/mol. The number of benzene rings is 2. The summed E-state index contributed by atoms with van der Waals surface area (Å²) in [5, 5.41) is 0.188. The van der Waals surface area contributed by atoms with E-state index in [0.29, 0.717) is 15.7 Å². The second kappa shape index (κ2) is 7.33. The van der Waals surface area contributed by atoms with Crippen molar-refractivity contribution < 1.29 is 14.3 Å². The van der Waals surface area contributed by atoms with Crippen molar-refractivity contribution in [3.63, 3.8) is 0 Å². The lowest BCUT2D eigenvalue weighted by Gasteiger charge is -2.12. The summed E-state index contributed by atoms with van der Waals surface area (Å²) in [5.41, 5.74) is 2.76. The molecule has 0 aliphatic carbocycles. The number of amides is 2. The fourth-order valence-corrected chi connectivity index (χ4v) is 3.66. The van der Waals surface area contributed by atoms with Crippen molar-refractivity contribution in [2.45, 2.75) is 13.5 Å². The van der Waals surface area contributed by atoms with Crippen LogP contribution in [0.1, 0.15) is 16.7 Å². The highest BCUT2D eigenvalue weighted by Crippen LogP contribution is 2.34. The zero-order valence-electron chi connectivity index (χ0n) is 13.8. The first-order valence-corrected chi connectivity index (χ1v) is 8.82. The van der Waals surface area contributed by atoms with Crippen LogP contribution in [0.4, 0.5) is 4.79 Å². The molecule has 0 saturated carbocycles. The van der Waals surface area contributed by atoms with E-state index in [9.17, 15) is 9.59 Å². The number of halogens is 1. The molecule has 0 bridgehead atoms. The van der Waals surface area contributed by atoms with Gasteiger partial charge in [0, 0.05) is 0 Å². The molecule has 0 aromatic heterocycles. The summed E-state index contributed by atoms with van der Waals surface area (Å²) in [4.78, 5) is 26.4. The van der Waals surface area contributed by atoms with Crippen molar-refractivity contribution in [2.75, 3.05) is 7.11 Å². The maximum absolute atomic E-state index is 12.6. The highest BCUT2D eigenvalue weighted by Gasteiger charge is 2.34. The van der Waals surface area contributed by atoms with Crippen LogP contribution in [0.3, 0.4) is 0 Å². The highest BCUT2D eigenvalue weighted by molar-refractivity contribution is 8.18. The molecule has 3 rings (SSSR count). The third kappa shape index (κ3) is 3.89. The van der Waals surface area contributed by atoms with Gasteiger partial charge in [0.05, 0.1) is 23.6 Å². The van der Waals surface area contributed by atoms with Gasteiger partial charge in [0.25, 0.3) is 11.1 Å². The normalized spacial score (nSPS) is 16.0. The van der Waals surface area contributed by atoms with E-state index in [-0.39, 0.29) is 17.7 Å². The topological polar surface area (TPSA) is 46.6 Å². The van der Waals surface area contributed by atoms with Crippen molar-refractivity contribution in [3.05, 3.63) is 69.1 Å². The molecule has 2 amide bonds. The quantitative estimate of drug-likeness (QED) is 0.715. The number of carbonyl (C=O) groups excluding carboxylic acids is 2. The average molecular weight is 374 g/mol. The molecular weight excluding hydrogens is 358 g/mol. The summed E-state index contributed by atoms with van der Waals surface area (Å²) in [6.45, 7) is 2.25. The standard InChI is InChI=1S/C19H16ClNO3S/c1-12-4-3-5-14(8-12)11-21-18(22)17(25-19(21)23)10-13-6-7-16(24-2)15(20)9-13/h3-10H,11H2,1-2H3/b17-10-. The van der Waals surface area contributed by atoms with Gasteiger partial charge in [-0.2, -0.15) is 0 Å². The molecule has 0 spiro atoms. The van der Waals surface area contributed by atoms with Crippen LogP contribution in [0, 0.1) is 6.92 Å². The van der Waals surface area contributed by atoms with Gasteiger partial charge in [0.15, 0.2) is 0 Å². The van der Waals surface area contributed by atoms with Gasteiger partial charge in [-0.3, -0.25) is 14.5 Å². The van der Waals surface area contributed by atoms with Gasteiger partial charge in [0.1, 0.15) is 5.75 Å². The maximum atomic E-state index is 12.6. The molecule has 1 saturated heterocycles. The van der Waals surface area contributed by atoms with E-state index in [4.69, 9.17) is 16.3 Å². The molecule has 6 heteroatoms. The van der Waals surface area contributed by atoms with E-state index in [1.807, 2.05) is 31.2 Å². The zero-order chi connectivity index (χ0) is 18.0. The van der Waals surface area contributed by atoms with Crippen LogP contribution in [-0.4, -0.2) is 23.2 Å². The van der Waals surface area contributed by atoms with Gasteiger partial charge in [-0.05, 0) is 48.0 Å². The minimum Gasteiger partial charge on any atom is -0.495 e. The van der Waals surface area contributed by atoms with Crippen LogP contribution in [-0.2, 0) is 11.3 Å². The first-order chi connectivity index (χ1) is 12.0. The number of hydrogen-bond donors (Lipinski definition) is 0. The predicted octanol–water partition coefficient (Wildman–Crippen LogP) is 4.89. The Kier molecular flexibility index (Phi) is 5.16. The molecular formula is C19H16ClNO3S. The van der Waals surface area contributed by atoms with Gasteiger partial charge < -0.3 is 4.74 Å². The minimum absolute atomic E-state index is 0.266. The summed E-state index contributed by atoms with van der Waals surface area (Å²) in [6.07, 6.45) is 1.67. The number of ether oxygens (including phenoxy) is 1. The first kappa shape index (κ1) is 17.6. The molecule has 0 radical (unpaired) electrons.